The van der Waals surface area contributed by atoms with Crippen LogP contribution in [0.5, 0.6) is 0 Å². The lowest BCUT2D eigenvalue weighted by atomic mass is 10.3. The van der Waals surface area contributed by atoms with Crippen LogP contribution in [-0.4, -0.2) is 17.5 Å². The van der Waals surface area contributed by atoms with Crippen LogP contribution in [0.25, 0.3) is 0 Å². The smallest absolute Gasteiger partial charge is 0.0442 e. The molecular formula is C9H9BrClNS. The fraction of sp³-hybridized carbons (Fsp3) is 0.333. The van der Waals surface area contributed by atoms with Gasteiger partial charge in [-0.3, -0.25) is 0 Å². The topological polar surface area (TPSA) is 12.0 Å². The molecule has 0 atom stereocenters. The van der Waals surface area contributed by atoms with Crippen molar-refractivity contribution in [1.29, 1.82) is 0 Å². The Labute approximate surface area is 95.4 Å². The van der Waals surface area contributed by atoms with Gasteiger partial charge in [0, 0.05) is 32.7 Å². The van der Waals surface area contributed by atoms with Gasteiger partial charge in [0.05, 0.1) is 0 Å². The van der Waals surface area contributed by atoms with Crippen molar-refractivity contribution in [3.05, 3.63) is 27.7 Å². The van der Waals surface area contributed by atoms with E-state index in [4.69, 9.17) is 11.6 Å². The molecule has 4 heteroatoms. The third kappa shape index (κ3) is 2.55. The predicted octanol–water partition coefficient (Wildman–Crippen LogP) is 3.63. The van der Waals surface area contributed by atoms with E-state index in [0.29, 0.717) is 6.04 Å². The molecule has 13 heavy (non-hydrogen) atoms. The molecule has 1 nitrogen and oxygen atoms in total. The van der Waals surface area contributed by atoms with Gasteiger partial charge in [-0.1, -0.05) is 27.5 Å². The Bertz CT molecular complexity index is 294. The second-order valence-corrected chi connectivity index (χ2v) is 5.46. The van der Waals surface area contributed by atoms with Gasteiger partial charge in [0.15, 0.2) is 0 Å². The summed E-state index contributed by atoms with van der Waals surface area (Å²) in [4.78, 5) is 0. The molecule has 1 heterocycles. The van der Waals surface area contributed by atoms with Crippen LogP contribution in [-0.2, 0) is 0 Å². The first-order valence-corrected chi connectivity index (χ1v) is 6.37. The number of hydrogen-bond donors (Lipinski definition) is 1. The molecule has 1 aliphatic heterocycles. The van der Waals surface area contributed by atoms with Crippen LogP contribution >= 0.6 is 39.3 Å². The Morgan fingerprint density at radius 2 is 2.15 bits per heavy atom. The first kappa shape index (κ1) is 9.69. The Morgan fingerprint density at radius 3 is 2.69 bits per heavy atom. The molecule has 0 unspecified atom stereocenters. The van der Waals surface area contributed by atoms with E-state index in [-0.39, 0.29) is 0 Å². The average molecular weight is 279 g/mol. The van der Waals surface area contributed by atoms with Crippen molar-refractivity contribution >= 4 is 45.0 Å². The molecule has 1 fully saturated rings. The van der Waals surface area contributed by atoms with E-state index >= 15 is 0 Å². The number of thioether (sulfide) groups is 1. The molecule has 1 aromatic rings. The van der Waals surface area contributed by atoms with Gasteiger partial charge in [-0.05, 0) is 18.2 Å². The molecular weight excluding hydrogens is 270 g/mol. The second kappa shape index (κ2) is 4.11. The maximum atomic E-state index is 5.92. The normalized spacial score (nSPS) is 16.8. The van der Waals surface area contributed by atoms with Gasteiger partial charge in [-0.25, -0.2) is 0 Å². The highest BCUT2D eigenvalue weighted by Gasteiger charge is 2.17. The lowest BCUT2D eigenvalue weighted by Gasteiger charge is -2.27. The fourth-order valence-electron chi connectivity index (χ4n) is 1.19. The highest BCUT2D eigenvalue weighted by atomic mass is 79.9. The van der Waals surface area contributed by atoms with E-state index in [0.717, 1.165) is 15.2 Å². The number of hydrogen-bond acceptors (Lipinski definition) is 2. The van der Waals surface area contributed by atoms with Gasteiger partial charge in [-0.15, -0.1) is 0 Å². The van der Waals surface area contributed by atoms with Gasteiger partial charge in [0.25, 0.3) is 0 Å². The van der Waals surface area contributed by atoms with Gasteiger partial charge < -0.3 is 5.32 Å². The molecule has 1 saturated heterocycles. The molecule has 0 spiro atoms. The number of halogens is 2. The monoisotopic (exact) mass is 277 g/mol. The summed E-state index contributed by atoms with van der Waals surface area (Å²) in [5, 5.41) is 4.19. The van der Waals surface area contributed by atoms with Crippen LogP contribution in [0.2, 0.25) is 5.02 Å². The Hall–Kier alpha value is 0.140. The van der Waals surface area contributed by atoms with E-state index in [1.54, 1.807) is 0 Å². The lowest BCUT2D eigenvalue weighted by Crippen LogP contribution is -2.33. The highest BCUT2D eigenvalue weighted by Crippen LogP contribution is 2.26. The van der Waals surface area contributed by atoms with E-state index in [1.165, 1.54) is 11.5 Å². The van der Waals surface area contributed by atoms with E-state index in [2.05, 4.69) is 27.3 Å². The molecule has 2 rings (SSSR count). The van der Waals surface area contributed by atoms with Crippen molar-refractivity contribution in [2.75, 3.05) is 16.8 Å². The van der Waals surface area contributed by atoms with Crippen molar-refractivity contribution in [1.82, 2.24) is 0 Å². The predicted molar refractivity (Wildman–Crippen MR) is 63.9 cm³/mol. The van der Waals surface area contributed by atoms with Crippen molar-refractivity contribution < 1.29 is 0 Å². The summed E-state index contributed by atoms with van der Waals surface area (Å²) in [6.07, 6.45) is 0. The van der Waals surface area contributed by atoms with Gasteiger partial charge in [-0.2, -0.15) is 11.8 Å². The summed E-state index contributed by atoms with van der Waals surface area (Å²) in [5.74, 6) is 2.40. The molecule has 0 amide bonds. The molecule has 0 bridgehead atoms. The Balaban J connectivity index is 2.10. The van der Waals surface area contributed by atoms with Crippen LogP contribution in [0.1, 0.15) is 0 Å². The van der Waals surface area contributed by atoms with Crippen molar-refractivity contribution in [3.8, 4) is 0 Å². The summed E-state index contributed by atoms with van der Waals surface area (Å²) >= 11 is 11.3. The molecule has 70 valence electrons. The number of benzene rings is 1. The van der Waals surface area contributed by atoms with Gasteiger partial charge >= 0.3 is 0 Å². The first-order chi connectivity index (χ1) is 6.24. The summed E-state index contributed by atoms with van der Waals surface area (Å²) in [6, 6.07) is 6.52. The SMILES string of the molecule is Clc1cc(Br)cc(NC2CSC2)c1. The largest absolute Gasteiger partial charge is 0.381 e. The molecule has 1 N–H and O–H groups in total. The van der Waals surface area contributed by atoms with Crippen molar-refractivity contribution in [2.24, 2.45) is 0 Å². The Kier molecular flexibility index (Phi) is 3.06. The maximum absolute atomic E-state index is 5.92. The zero-order chi connectivity index (χ0) is 9.26. The molecule has 0 aromatic heterocycles. The second-order valence-electron chi connectivity index (χ2n) is 3.04. The minimum atomic E-state index is 0.621. The highest BCUT2D eigenvalue weighted by molar-refractivity contribution is 9.10. The summed E-state index contributed by atoms with van der Waals surface area (Å²) in [5.41, 5.74) is 1.10. The summed E-state index contributed by atoms with van der Waals surface area (Å²) < 4.78 is 1.02. The van der Waals surface area contributed by atoms with Gasteiger partial charge in [0.1, 0.15) is 0 Å². The van der Waals surface area contributed by atoms with Crippen LogP contribution < -0.4 is 5.32 Å². The standard InChI is InChI=1S/C9H9BrClNS/c10-6-1-7(11)3-8(2-6)12-9-4-13-5-9/h1-3,9,12H,4-5H2. The molecule has 0 aliphatic carbocycles. The minimum Gasteiger partial charge on any atom is -0.381 e. The minimum absolute atomic E-state index is 0.621. The van der Waals surface area contributed by atoms with Crippen LogP contribution in [0.15, 0.2) is 22.7 Å². The maximum Gasteiger partial charge on any atom is 0.0442 e. The van der Waals surface area contributed by atoms with Crippen LogP contribution in [0, 0.1) is 0 Å². The van der Waals surface area contributed by atoms with E-state index < -0.39 is 0 Å². The van der Waals surface area contributed by atoms with Crippen LogP contribution in [0.3, 0.4) is 0 Å². The lowest BCUT2D eigenvalue weighted by molar-refractivity contribution is 0.882. The third-order valence-corrected chi connectivity index (χ3v) is 3.82. The van der Waals surface area contributed by atoms with E-state index in [1.807, 2.05) is 23.9 Å². The zero-order valence-corrected chi connectivity index (χ0v) is 10.0. The van der Waals surface area contributed by atoms with Crippen LogP contribution in [0.4, 0.5) is 5.69 Å². The quantitative estimate of drug-likeness (QED) is 0.886. The third-order valence-electron chi connectivity index (χ3n) is 1.87. The Morgan fingerprint density at radius 1 is 1.38 bits per heavy atom. The number of nitrogens with one attached hydrogen (secondary N) is 1. The molecule has 1 aliphatic rings. The molecule has 1 aromatic carbocycles. The zero-order valence-electron chi connectivity index (χ0n) is 6.89. The molecule has 0 saturated carbocycles. The van der Waals surface area contributed by atoms with E-state index in [9.17, 15) is 0 Å². The number of anilines is 1. The summed E-state index contributed by atoms with van der Waals surface area (Å²) in [7, 11) is 0. The molecule has 0 radical (unpaired) electrons. The summed E-state index contributed by atoms with van der Waals surface area (Å²) in [6.45, 7) is 0. The average Bonchev–Trinajstić information content (AvgIpc) is 1.95. The van der Waals surface area contributed by atoms with Gasteiger partial charge in [0.2, 0.25) is 0 Å². The van der Waals surface area contributed by atoms with Crippen molar-refractivity contribution in [2.45, 2.75) is 6.04 Å². The first-order valence-electron chi connectivity index (χ1n) is 4.04. The fourth-order valence-corrected chi connectivity index (χ4v) is 2.69. The number of rotatable bonds is 2. The van der Waals surface area contributed by atoms with Crippen molar-refractivity contribution in [3.63, 3.8) is 0 Å².